The molecule has 4 aromatic rings. The molecule has 0 atom stereocenters. The number of benzene rings is 1. The first-order valence-corrected chi connectivity index (χ1v) is 7.30. The maximum atomic E-state index is 5.16. The molecule has 3 heterocycles. The van der Waals surface area contributed by atoms with Gasteiger partial charge in [-0.1, -0.05) is 11.3 Å². The summed E-state index contributed by atoms with van der Waals surface area (Å²) in [5.74, 6) is 1.48. The minimum absolute atomic E-state index is 0.684. The van der Waals surface area contributed by atoms with Crippen molar-refractivity contribution < 1.29 is 4.74 Å². The molecule has 0 N–H and O–H groups in total. The second-order valence-corrected chi connectivity index (χ2v) is 5.40. The Hall–Kier alpha value is -2.87. The molecule has 0 aliphatic rings. The molecular weight excluding hydrogens is 300 g/mol. The second-order valence-electron chi connectivity index (χ2n) is 4.44. The van der Waals surface area contributed by atoms with Crippen molar-refractivity contribution in [2.24, 2.45) is 0 Å². The van der Waals surface area contributed by atoms with Crippen molar-refractivity contribution >= 4 is 16.3 Å². The lowest BCUT2D eigenvalue weighted by atomic mass is 10.2. The first kappa shape index (κ1) is 12.8. The highest BCUT2D eigenvalue weighted by molar-refractivity contribution is 7.19. The van der Waals surface area contributed by atoms with E-state index in [0.717, 1.165) is 22.0 Å². The molecule has 0 bridgehead atoms. The third-order valence-corrected chi connectivity index (χ3v) is 4.04. The highest BCUT2D eigenvalue weighted by Crippen LogP contribution is 2.27. The topological polar surface area (TPSA) is 78.1 Å². The summed E-state index contributed by atoms with van der Waals surface area (Å²) in [5, 5.41) is 13.7. The number of hydrogen-bond donors (Lipinski definition) is 0. The van der Waals surface area contributed by atoms with Crippen LogP contribution >= 0.6 is 11.3 Å². The van der Waals surface area contributed by atoms with Crippen LogP contribution in [0.2, 0.25) is 0 Å². The Labute approximate surface area is 129 Å². The molecule has 0 saturated carbocycles. The van der Waals surface area contributed by atoms with Gasteiger partial charge in [-0.2, -0.15) is 9.61 Å². The van der Waals surface area contributed by atoms with Gasteiger partial charge in [0.15, 0.2) is 10.8 Å². The van der Waals surface area contributed by atoms with Gasteiger partial charge in [-0.15, -0.1) is 10.2 Å². The molecule has 4 rings (SSSR count). The van der Waals surface area contributed by atoms with Gasteiger partial charge in [-0.05, 0) is 24.3 Å². The molecule has 0 fully saturated rings. The molecule has 3 aromatic heterocycles. The molecule has 0 aliphatic carbocycles. The van der Waals surface area contributed by atoms with Crippen LogP contribution in [0.5, 0.6) is 5.75 Å². The normalized spacial score (nSPS) is 11.0. The van der Waals surface area contributed by atoms with Crippen molar-refractivity contribution in [2.45, 2.75) is 0 Å². The Morgan fingerprint density at radius 1 is 1.09 bits per heavy atom. The lowest BCUT2D eigenvalue weighted by Crippen LogP contribution is -1.92. The van der Waals surface area contributed by atoms with Crippen molar-refractivity contribution in [1.29, 1.82) is 0 Å². The molecule has 1 aromatic carbocycles. The van der Waals surface area contributed by atoms with Gasteiger partial charge in [0.2, 0.25) is 4.96 Å². The number of aromatic nitrogens is 6. The zero-order valence-corrected chi connectivity index (χ0v) is 12.4. The van der Waals surface area contributed by atoms with Crippen LogP contribution in [0.4, 0.5) is 0 Å². The summed E-state index contributed by atoms with van der Waals surface area (Å²) < 4.78 is 6.88. The standard InChI is InChI=1S/C14H10N6OS/c1-21-10-4-2-9(3-5-10)12-17-18-14-20(12)19-13(22-14)11-8-15-6-7-16-11/h2-8H,1H3. The predicted octanol–water partition coefficient (Wildman–Crippen LogP) is 2.32. The highest BCUT2D eigenvalue weighted by Gasteiger charge is 2.15. The molecule has 8 heteroatoms. The fourth-order valence-corrected chi connectivity index (χ4v) is 2.85. The minimum Gasteiger partial charge on any atom is -0.497 e. The first-order chi connectivity index (χ1) is 10.8. The first-order valence-electron chi connectivity index (χ1n) is 6.48. The van der Waals surface area contributed by atoms with E-state index in [1.165, 1.54) is 11.3 Å². The SMILES string of the molecule is COc1ccc(-c2nnc3sc(-c4cnccn4)nn23)cc1. The summed E-state index contributed by atoms with van der Waals surface area (Å²) in [5.41, 5.74) is 1.64. The van der Waals surface area contributed by atoms with E-state index >= 15 is 0 Å². The van der Waals surface area contributed by atoms with E-state index < -0.39 is 0 Å². The molecule has 0 aliphatic heterocycles. The lowest BCUT2D eigenvalue weighted by molar-refractivity contribution is 0.415. The van der Waals surface area contributed by atoms with Gasteiger partial charge in [0.05, 0.1) is 13.3 Å². The number of nitrogens with zero attached hydrogens (tertiary/aromatic N) is 6. The van der Waals surface area contributed by atoms with Crippen molar-refractivity contribution in [2.75, 3.05) is 7.11 Å². The van der Waals surface area contributed by atoms with E-state index in [2.05, 4.69) is 25.3 Å². The van der Waals surface area contributed by atoms with E-state index in [9.17, 15) is 0 Å². The zero-order valence-electron chi connectivity index (χ0n) is 11.5. The molecule has 7 nitrogen and oxygen atoms in total. The van der Waals surface area contributed by atoms with Crippen LogP contribution in [-0.2, 0) is 0 Å². The number of rotatable bonds is 3. The molecule has 22 heavy (non-hydrogen) atoms. The van der Waals surface area contributed by atoms with Gasteiger partial charge in [0.25, 0.3) is 0 Å². The molecule has 108 valence electrons. The predicted molar refractivity (Wildman–Crippen MR) is 81.7 cm³/mol. The largest absolute Gasteiger partial charge is 0.497 e. The minimum atomic E-state index is 0.684. The van der Waals surface area contributed by atoms with E-state index in [-0.39, 0.29) is 0 Å². The van der Waals surface area contributed by atoms with Gasteiger partial charge in [-0.3, -0.25) is 9.97 Å². The van der Waals surface area contributed by atoms with E-state index in [1.54, 1.807) is 30.2 Å². The van der Waals surface area contributed by atoms with Gasteiger partial charge in [-0.25, -0.2) is 0 Å². The van der Waals surface area contributed by atoms with Crippen LogP contribution in [0.25, 0.3) is 27.1 Å². The molecule has 0 amide bonds. The maximum absolute atomic E-state index is 5.16. The second kappa shape index (κ2) is 5.15. The Kier molecular flexibility index (Phi) is 3.01. The summed E-state index contributed by atoms with van der Waals surface area (Å²) in [7, 11) is 1.64. The summed E-state index contributed by atoms with van der Waals surface area (Å²) in [6.45, 7) is 0. The lowest BCUT2D eigenvalue weighted by Gasteiger charge is -2.00. The summed E-state index contributed by atoms with van der Waals surface area (Å²) in [6.07, 6.45) is 4.95. The Morgan fingerprint density at radius 3 is 2.68 bits per heavy atom. The molecule has 0 unspecified atom stereocenters. The number of methoxy groups -OCH3 is 1. The fraction of sp³-hybridized carbons (Fsp3) is 0.0714. The summed E-state index contributed by atoms with van der Waals surface area (Å²) in [4.78, 5) is 9.03. The van der Waals surface area contributed by atoms with E-state index in [4.69, 9.17) is 4.74 Å². The average Bonchev–Trinajstić information content (AvgIpc) is 3.16. The third kappa shape index (κ3) is 2.09. The van der Waals surface area contributed by atoms with Crippen LogP contribution in [0, 0.1) is 0 Å². The molecule has 0 radical (unpaired) electrons. The Morgan fingerprint density at radius 2 is 1.95 bits per heavy atom. The van der Waals surface area contributed by atoms with Crippen molar-refractivity contribution in [3.63, 3.8) is 0 Å². The number of fused-ring (bicyclic) bond motifs is 1. The van der Waals surface area contributed by atoms with Crippen LogP contribution in [0.1, 0.15) is 0 Å². The average molecular weight is 310 g/mol. The Balaban J connectivity index is 1.80. The smallest absolute Gasteiger partial charge is 0.235 e. The monoisotopic (exact) mass is 310 g/mol. The van der Waals surface area contributed by atoms with Gasteiger partial charge in [0.1, 0.15) is 11.4 Å². The quantitative estimate of drug-likeness (QED) is 0.578. The number of hydrogen-bond acceptors (Lipinski definition) is 7. The molecular formula is C14H10N6OS. The zero-order chi connectivity index (χ0) is 14.9. The maximum Gasteiger partial charge on any atom is 0.235 e. The van der Waals surface area contributed by atoms with E-state index in [1.807, 2.05) is 24.3 Å². The van der Waals surface area contributed by atoms with Gasteiger partial charge >= 0.3 is 0 Å². The van der Waals surface area contributed by atoms with Crippen molar-refractivity contribution in [3.05, 3.63) is 42.9 Å². The third-order valence-electron chi connectivity index (χ3n) is 3.12. The highest BCUT2D eigenvalue weighted by atomic mass is 32.1. The van der Waals surface area contributed by atoms with Crippen LogP contribution in [0.15, 0.2) is 42.9 Å². The van der Waals surface area contributed by atoms with Crippen LogP contribution in [0.3, 0.4) is 0 Å². The van der Waals surface area contributed by atoms with Crippen LogP contribution < -0.4 is 4.74 Å². The summed E-state index contributed by atoms with van der Waals surface area (Å²) in [6, 6.07) is 7.62. The van der Waals surface area contributed by atoms with Crippen LogP contribution in [-0.4, -0.2) is 36.9 Å². The Bertz CT molecular complexity index is 916. The molecule has 0 spiro atoms. The van der Waals surface area contributed by atoms with Gasteiger partial charge < -0.3 is 4.74 Å². The van der Waals surface area contributed by atoms with Crippen molar-refractivity contribution in [1.82, 2.24) is 29.8 Å². The molecule has 0 saturated heterocycles. The fourth-order valence-electron chi connectivity index (χ4n) is 2.05. The van der Waals surface area contributed by atoms with Crippen molar-refractivity contribution in [3.8, 4) is 27.8 Å². The van der Waals surface area contributed by atoms with Gasteiger partial charge in [0, 0.05) is 18.0 Å². The summed E-state index contributed by atoms with van der Waals surface area (Å²) >= 11 is 1.42. The number of ether oxygens (including phenoxy) is 1. The van der Waals surface area contributed by atoms with E-state index in [0.29, 0.717) is 10.8 Å².